The molecule has 0 unspecified atom stereocenters. The predicted octanol–water partition coefficient (Wildman–Crippen LogP) is 3.36. The maximum Gasteiger partial charge on any atom is 0.268 e. The Kier molecular flexibility index (Phi) is 5.77. The second-order valence-electron chi connectivity index (χ2n) is 6.84. The normalized spacial score (nSPS) is 15.3. The smallest absolute Gasteiger partial charge is 0.268 e. The maximum absolute atomic E-state index is 13.1. The number of hydrogen-bond acceptors (Lipinski definition) is 7. The summed E-state index contributed by atoms with van der Waals surface area (Å²) in [6.45, 7) is 4.27. The number of carbonyl (C=O) groups excluding carboxylic acids is 1. The average molecular weight is 429 g/mol. The number of amides is 1. The number of anilines is 1. The van der Waals surface area contributed by atoms with E-state index in [0.717, 1.165) is 22.6 Å². The van der Waals surface area contributed by atoms with E-state index >= 15 is 0 Å². The highest BCUT2D eigenvalue weighted by Gasteiger charge is 2.26. The number of hydrogen-bond donors (Lipinski definition) is 1. The molecule has 1 N–H and O–H groups in total. The van der Waals surface area contributed by atoms with Crippen molar-refractivity contribution in [1.29, 1.82) is 0 Å². The second-order valence-corrected chi connectivity index (χ2v) is 9.23. The number of fused-ring (bicyclic) bond motifs is 1. The fraction of sp³-hybridized carbons (Fsp3) is 0.300. The van der Waals surface area contributed by atoms with Crippen LogP contribution < -0.4 is 10.9 Å². The molecule has 0 fully saturated rings. The molecule has 0 radical (unpaired) electrons. The van der Waals surface area contributed by atoms with Crippen LogP contribution in [0.5, 0.6) is 0 Å². The zero-order chi connectivity index (χ0) is 20.4. The van der Waals surface area contributed by atoms with Crippen LogP contribution in [0.25, 0.3) is 0 Å². The van der Waals surface area contributed by atoms with Crippen molar-refractivity contribution in [2.24, 2.45) is 0 Å². The molecule has 7 nitrogen and oxygen atoms in total. The van der Waals surface area contributed by atoms with E-state index < -0.39 is 0 Å². The van der Waals surface area contributed by atoms with Crippen LogP contribution in [0.15, 0.2) is 55.8 Å². The third-order valence-electron chi connectivity index (χ3n) is 4.37. The largest absolute Gasteiger partial charge is 0.360 e. The topological polar surface area (TPSA) is 90.0 Å². The van der Waals surface area contributed by atoms with Gasteiger partial charge in [-0.05, 0) is 12.5 Å². The highest BCUT2D eigenvalue weighted by atomic mass is 32.2. The molecule has 2 aromatic heterocycles. The summed E-state index contributed by atoms with van der Waals surface area (Å²) in [7, 11) is 0. The minimum atomic E-state index is -0.230. The van der Waals surface area contributed by atoms with Gasteiger partial charge in [-0.3, -0.25) is 14.2 Å². The maximum atomic E-state index is 13.1. The fourth-order valence-corrected chi connectivity index (χ4v) is 5.01. The number of thioether (sulfide) groups is 2. The van der Waals surface area contributed by atoms with E-state index in [9.17, 15) is 9.59 Å². The van der Waals surface area contributed by atoms with Gasteiger partial charge in [-0.2, -0.15) is 0 Å². The summed E-state index contributed by atoms with van der Waals surface area (Å²) in [5, 5.41) is 7.34. The van der Waals surface area contributed by atoms with Crippen LogP contribution in [-0.4, -0.2) is 31.6 Å². The van der Waals surface area contributed by atoms with Gasteiger partial charge in [0, 0.05) is 17.7 Å². The van der Waals surface area contributed by atoms with Crippen molar-refractivity contribution in [2.45, 2.75) is 42.1 Å². The van der Waals surface area contributed by atoms with E-state index in [1.807, 2.05) is 30.3 Å². The van der Waals surface area contributed by atoms with E-state index in [2.05, 4.69) is 17.4 Å². The number of rotatable bonds is 6. The first-order chi connectivity index (χ1) is 14.0. The standard InChI is InChI=1S/C20H20N4O3S2/c1-12-8-16(23-27-12)22-17(25)11-28-20-21-15-9-13(2)29-18(15)19(26)24(20)10-14-6-4-3-5-7-14/h3-8,13H,9-11H2,1-2H3,(H,22,23,25)/t13-/m0/s1. The molecular weight excluding hydrogens is 408 g/mol. The van der Waals surface area contributed by atoms with Gasteiger partial charge >= 0.3 is 0 Å². The highest BCUT2D eigenvalue weighted by Crippen LogP contribution is 2.34. The lowest BCUT2D eigenvalue weighted by Gasteiger charge is -2.13. The summed E-state index contributed by atoms with van der Waals surface area (Å²) >= 11 is 2.83. The van der Waals surface area contributed by atoms with Gasteiger partial charge in [-0.15, -0.1) is 11.8 Å². The molecule has 4 rings (SSSR count). The molecule has 0 bridgehead atoms. The zero-order valence-electron chi connectivity index (χ0n) is 16.0. The Morgan fingerprint density at radius 3 is 2.90 bits per heavy atom. The third kappa shape index (κ3) is 4.56. The fourth-order valence-electron chi connectivity index (χ4n) is 3.08. The summed E-state index contributed by atoms with van der Waals surface area (Å²) < 4.78 is 6.62. The molecule has 3 aromatic rings. The predicted molar refractivity (Wildman–Crippen MR) is 114 cm³/mol. The number of benzene rings is 1. The molecular formula is C20H20N4O3S2. The molecule has 29 heavy (non-hydrogen) atoms. The lowest BCUT2D eigenvalue weighted by molar-refractivity contribution is -0.113. The van der Waals surface area contributed by atoms with Crippen molar-refractivity contribution >= 4 is 35.2 Å². The van der Waals surface area contributed by atoms with Crippen molar-refractivity contribution < 1.29 is 9.32 Å². The van der Waals surface area contributed by atoms with Gasteiger partial charge in [-0.1, -0.05) is 54.2 Å². The van der Waals surface area contributed by atoms with Crippen molar-refractivity contribution in [2.75, 3.05) is 11.1 Å². The van der Waals surface area contributed by atoms with E-state index in [4.69, 9.17) is 9.51 Å². The third-order valence-corrected chi connectivity index (χ3v) is 6.57. The summed E-state index contributed by atoms with van der Waals surface area (Å²) in [6, 6.07) is 11.4. The second kappa shape index (κ2) is 8.46. The molecule has 150 valence electrons. The van der Waals surface area contributed by atoms with E-state index in [1.165, 1.54) is 11.8 Å². The van der Waals surface area contributed by atoms with Crippen LogP contribution in [-0.2, 0) is 17.8 Å². The summed E-state index contributed by atoms with van der Waals surface area (Å²) in [5.41, 5.74) is 1.80. The minimum Gasteiger partial charge on any atom is -0.360 e. The molecule has 1 aliphatic rings. The van der Waals surface area contributed by atoms with Gasteiger partial charge in [0.25, 0.3) is 5.56 Å². The van der Waals surface area contributed by atoms with E-state index in [1.54, 1.807) is 29.3 Å². The molecule has 1 amide bonds. The van der Waals surface area contributed by atoms with Gasteiger partial charge in [0.15, 0.2) is 11.0 Å². The molecule has 0 aliphatic carbocycles. The Labute approximate surface area is 176 Å². The molecule has 1 aliphatic heterocycles. The highest BCUT2D eigenvalue weighted by molar-refractivity contribution is 8.00. The Morgan fingerprint density at radius 2 is 2.17 bits per heavy atom. The molecule has 1 atom stereocenters. The Bertz CT molecular complexity index is 1090. The quantitative estimate of drug-likeness (QED) is 0.476. The number of nitrogens with zero attached hydrogens (tertiary/aromatic N) is 3. The Morgan fingerprint density at radius 1 is 1.38 bits per heavy atom. The number of carbonyl (C=O) groups is 1. The lowest BCUT2D eigenvalue weighted by atomic mass is 10.2. The van der Waals surface area contributed by atoms with Gasteiger partial charge in [0.2, 0.25) is 5.91 Å². The summed E-state index contributed by atoms with van der Waals surface area (Å²) in [4.78, 5) is 30.9. The van der Waals surface area contributed by atoms with Crippen LogP contribution in [0.2, 0.25) is 0 Å². The number of aryl methyl sites for hydroxylation is 1. The Hall–Kier alpha value is -2.52. The monoisotopic (exact) mass is 428 g/mol. The van der Waals surface area contributed by atoms with Crippen molar-refractivity contribution in [3.63, 3.8) is 0 Å². The van der Waals surface area contributed by atoms with Crippen LogP contribution in [0.4, 0.5) is 5.82 Å². The minimum absolute atomic E-state index is 0.0387. The summed E-state index contributed by atoms with van der Waals surface area (Å²) in [6.07, 6.45) is 0.763. The first kappa shape index (κ1) is 19.8. The van der Waals surface area contributed by atoms with E-state index in [0.29, 0.717) is 28.5 Å². The molecule has 0 saturated carbocycles. The van der Waals surface area contributed by atoms with Crippen LogP contribution >= 0.6 is 23.5 Å². The van der Waals surface area contributed by atoms with Crippen molar-refractivity contribution in [1.82, 2.24) is 14.7 Å². The zero-order valence-corrected chi connectivity index (χ0v) is 17.7. The first-order valence-electron chi connectivity index (χ1n) is 9.20. The molecule has 9 heteroatoms. The van der Waals surface area contributed by atoms with Gasteiger partial charge in [0.05, 0.1) is 22.9 Å². The van der Waals surface area contributed by atoms with Crippen molar-refractivity contribution in [3.05, 3.63) is 63.8 Å². The SMILES string of the molecule is Cc1cc(NC(=O)CSc2nc3c(c(=O)n2Cc2ccccc2)S[C@@H](C)C3)no1. The van der Waals surface area contributed by atoms with E-state index in [-0.39, 0.29) is 17.2 Å². The molecule has 1 aromatic carbocycles. The van der Waals surface area contributed by atoms with Gasteiger partial charge in [0.1, 0.15) is 5.76 Å². The van der Waals surface area contributed by atoms with Crippen LogP contribution in [0, 0.1) is 6.92 Å². The van der Waals surface area contributed by atoms with Crippen molar-refractivity contribution in [3.8, 4) is 0 Å². The molecule has 0 saturated heterocycles. The summed E-state index contributed by atoms with van der Waals surface area (Å²) in [5.74, 6) is 0.889. The van der Waals surface area contributed by atoms with Crippen LogP contribution in [0.1, 0.15) is 23.9 Å². The Balaban J connectivity index is 1.57. The number of nitrogens with one attached hydrogen (secondary N) is 1. The molecule has 3 heterocycles. The van der Waals surface area contributed by atoms with Gasteiger partial charge < -0.3 is 9.84 Å². The molecule has 0 spiro atoms. The lowest BCUT2D eigenvalue weighted by Crippen LogP contribution is -2.26. The van der Waals surface area contributed by atoms with Gasteiger partial charge in [-0.25, -0.2) is 4.98 Å². The number of aromatic nitrogens is 3. The average Bonchev–Trinajstić information content (AvgIpc) is 3.28. The first-order valence-corrected chi connectivity index (χ1v) is 11.1. The van der Waals surface area contributed by atoms with Crippen LogP contribution in [0.3, 0.4) is 0 Å².